The molecule has 57 valence electrons. The van der Waals surface area contributed by atoms with Crippen molar-refractivity contribution in [2.75, 3.05) is 5.75 Å². The zero-order chi connectivity index (χ0) is 7.68. The van der Waals surface area contributed by atoms with E-state index in [1.165, 1.54) is 0 Å². The zero-order valence-electron chi connectivity index (χ0n) is 5.78. The van der Waals surface area contributed by atoms with Gasteiger partial charge in [-0.05, 0) is 6.08 Å². The highest BCUT2D eigenvalue weighted by Crippen LogP contribution is 2.22. The molecule has 0 aliphatic carbocycles. The van der Waals surface area contributed by atoms with Gasteiger partial charge in [-0.15, -0.1) is 11.8 Å². The topological polar surface area (TPSA) is 41.5 Å². The fourth-order valence-electron chi connectivity index (χ4n) is 1.08. The highest BCUT2D eigenvalue weighted by atomic mass is 32.2. The van der Waals surface area contributed by atoms with Crippen LogP contribution in [-0.2, 0) is 4.79 Å². The Morgan fingerprint density at radius 3 is 3.64 bits per heavy atom. The highest BCUT2D eigenvalue weighted by Gasteiger charge is 2.27. The molecule has 2 atom stereocenters. The number of nitrogens with zero attached hydrogens (tertiary/aromatic N) is 1. The first kappa shape index (κ1) is 6.91. The normalized spacial score (nSPS) is 34.7. The molecule has 0 saturated carbocycles. The largest absolute Gasteiger partial charge is 0.332 e. The molecule has 0 aromatic carbocycles. The molecule has 0 aromatic heterocycles. The number of amides is 1. The van der Waals surface area contributed by atoms with Gasteiger partial charge in [0.25, 0.3) is 0 Å². The van der Waals surface area contributed by atoms with Crippen molar-refractivity contribution < 1.29 is 4.79 Å². The standard InChI is InChI=1S/C7H7N2OS/c10-6-4-11-5-2-1-3-8-7(5)9-6/h1-2,5,7H,4H2,(H,9,10). The summed E-state index contributed by atoms with van der Waals surface area (Å²) in [5.74, 6) is 0.609. The van der Waals surface area contributed by atoms with Crippen LogP contribution in [0.1, 0.15) is 0 Å². The van der Waals surface area contributed by atoms with Crippen LogP contribution in [0.15, 0.2) is 17.1 Å². The number of allylic oxidation sites excluding steroid dienone is 1. The van der Waals surface area contributed by atoms with Gasteiger partial charge in [0.15, 0.2) is 0 Å². The first-order chi connectivity index (χ1) is 5.36. The minimum absolute atomic E-state index is 0.0668. The van der Waals surface area contributed by atoms with Crippen molar-refractivity contribution in [2.45, 2.75) is 11.4 Å². The average Bonchev–Trinajstić information content (AvgIpc) is 2.04. The molecule has 2 heterocycles. The van der Waals surface area contributed by atoms with Gasteiger partial charge in [0.05, 0.1) is 17.2 Å². The van der Waals surface area contributed by atoms with Crippen LogP contribution in [0, 0.1) is 0 Å². The maximum atomic E-state index is 10.9. The van der Waals surface area contributed by atoms with Gasteiger partial charge in [-0.2, -0.15) is 0 Å². The quantitative estimate of drug-likeness (QED) is 0.554. The third-order valence-corrected chi connectivity index (χ3v) is 2.83. The van der Waals surface area contributed by atoms with Crippen LogP contribution >= 0.6 is 11.8 Å². The first-order valence-corrected chi connectivity index (χ1v) is 4.44. The average molecular weight is 167 g/mol. The molecule has 2 aliphatic heterocycles. The number of rotatable bonds is 0. The molecule has 11 heavy (non-hydrogen) atoms. The molecule has 2 aliphatic rings. The SMILES string of the molecule is O=C1CSC2C=C[C]=NC2N1. The van der Waals surface area contributed by atoms with E-state index in [0.717, 1.165) is 0 Å². The van der Waals surface area contributed by atoms with E-state index in [9.17, 15) is 4.79 Å². The number of aliphatic imine (C=N–C) groups is 1. The van der Waals surface area contributed by atoms with Crippen molar-refractivity contribution in [2.24, 2.45) is 4.99 Å². The number of hydrogen-bond acceptors (Lipinski definition) is 3. The van der Waals surface area contributed by atoms with Crippen molar-refractivity contribution in [3.63, 3.8) is 0 Å². The van der Waals surface area contributed by atoms with Crippen LogP contribution in [-0.4, -0.2) is 29.3 Å². The van der Waals surface area contributed by atoms with E-state index >= 15 is 0 Å². The molecule has 0 bridgehead atoms. The molecule has 2 rings (SSSR count). The van der Waals surface area contributed by atoms with Gasteiger partial charge >= 0.3 is 0 Å². The van der Waals surface area contributed by atoms with Crippen molar-refractivity contribution in [1.29, 1.82) is 0 Å². The van der Waals surface area contributed by atoms with Crippen molar-refractivity contribution >= 4 is 23.9 Å². The van der Waals surface area contributed by atoms with Gasteiger partial charge in [-0.1, -0.05) is 6.08 Å². The number of nitrogens with one attached hydrogen (secondary N) is 1. The van der Waals surface area contributed by atoms with Crippen LogP contribution in [0.3, 0.4) is 0 Å². The molecule has 1 N–H and O–H groups in total. The Morgan fingerprint density at radius 2 is 2.73 bits per heavy atom. The number of fused-ring (bicyclic) bond motifs is 1. The third-order valence-electron chi connectivity index (χ3n) is 1.60. The molecule has 1 saturated heterocycles. The van der Waals surface area contributed by atoms with Crippen LogP contribution in [0.2, 0.25) is 0 Å². The lowest BCUT2D eigenvalue weighted by atomic mass is 10.2. The molecule has 1 radical (unpaired) electrons. The number of thioether (sulfide) groups is 1. The Balaban J connectivity index is 2.12. The lowest BCUT2D eigenvalue weighted by molar-refractivity contribution is -0.119. The predicted molar refractivity (Wildman–Crippen MR) is 44.8 cm³/mol. The van der Waals surface area contributed by atoms with Gasteiger partial charge in [-0.3, -0.25) is 9.79 Å². The lowest BCUT2D eigenvalue weighted by Gasteiger charge is -2.27. The molecule has 2 unspecified atom stereocenters. The van der Waals surface area contributed by atoms with E-state index in [0.29, 0.717) is 11.0 Å². The Labute approximate surface area is 69.0 Å². The van der Waals surface area contributed by atoms with Crippen LogP contribution in [0.4, 0.5) is 0 Å². The molecular weight excluding hydrogens is 160 g/mol. The Bertz CT molecular complexity index is 237. The number of carbonyl (C=O) groups excluding carboxylic acids is 1. The van der Waals surface area contributed by atoms with E-state index in [1.807, 2.05) is 6.08 Å². The van der Waals surface area contributed by atoms with Crippen molar-refractivity contribution in [1.82, 2.24) is 5.32 Å². The summed E-state index contributed by atoms with van der Waals surface area (Å²) < 4.78 is 0. The fraction of sp³-hybridized carbons (Fsp3) is 0.429. The lowest BCUT2D eigenvalue weighted by Crippen LogP contribution is -2.46. The molecule has 4 heteroatoms. The van der Waals surface area contributed by atoms with Gasteiger partial charge in [0, 0.05) is 0 Å². The summed E-state index contributed by atoms with van der Waals surface area (Å²) in [5, 5.41) is 3.09. The van der Waals surface area contributed by atoms with Gasteiger partial charge in [0.2, 0.25) is 5.91 Å². The second-order valence-electron chi connectivity index (χ2n) is 2.41. The van der Waals surface area contributed by atoms with Crippen LogP contribution < -0.4 is 5.32 Å². The molecule has 3 nitrogen and oxygen atoms in total. The number of carbonyl (C=O) groups is 1. The predicted octanol–water partition coefficient (Wildman–Crippen LogP) is 0.0617. The first-order valence-electron chi connectivity index (χ1n) is 3.39. The number of hydrogen-bond donors (Lipinski definition) is 1. The highest BCUT2D eigenvalue weighted by molar-refractivity contribution is 8.00. The summed E-state index contributed by atoms with van der Waals surface area (Å²) in [6, 6.07) is 0. The van der Waals surface area contributed by atoms with Gasteiger partial charge < -0.3 is 5.32 Å². The van der Waals surface area contributed by atoms with Crippen molar-refractivity contribution in [3.8, 4) is 0 Å². The van der Waals surface area contributed by atoms with Crippen LogP contribution in [0.25, 0.3) is 0 Å². The molecule has 0 spiro atoms. The minimum Gasteiger partial charge on any atom is -0.332 e. The van der Waals surface area contributed by atoms with Crippen molar-refractivity contribution in [3.05, 3.63) is 12.2 Å². The minimum atomic E-state index is -0.0775. The van der Waals surface area contributed by atoms with E-state index in [2.05, 4.69) is 16.5 Å². The van der Waals surface area contributed by atoms with Gasteiger partial charge in [-0.25, -0.2) is 0 Å². The fourth-order valence-corrected chi connectivity index (χ4v) is 2.01. The van der Waals surface area contributed by atoms with E-state index in [4.69, 9.17) is 0 Å². The second-order valence-corrected chi connectivity index (χ2v) is 3.57. The molecular formula is C7H7N2OS. The Hall–Kier alpha value is -0.770. The summed E-state index contributed by atoms with van der Waals surface area (Å²) >= 11 is 1.62. The maximum absolute atomic E-state index is 10.9. The third kappa shape index (κ3) is 1.30. The van der Waals surface area contributed by atoms with Gasteiger partial charge in [0.1, 0.15) is 6.17 Å². The van der Waals surface area contributed by atoms with Crippen LogP contribution in [0.5, 0.6) is 0 Å². The Morgan fingerprint density at radius 1 is 1.82 bits per heavy atom. The number of dihydropyridines is 1. The second kappa shape index (κ2) is 2.70. The summed E-state index contributed by atoms with van der Waals surface area (Å²) in [6.07, 6.45) is 6.46. The zero-order valence-corrected chi connectivity index (χ0v) is 6.60. The maximum Gasteiger partial charge on any atom is 0.231 e. The molecule has 1 fully saturated rings. The summed E-state index contributed by atoms with van der Waals surface area (Å²) in [6.45, 7) is 0. The van der Waals surface area contributed by atoms with E-state index in [-0.39, 0.29) is 12.1 Å². The monoisotopic (exact) mass is 167 g/mol. The summed E-state index contributed by atoms with van der Waals surface area (Å²) in [7, 11) is 0. The smallest absolute Gasteiger partial charge is 0.231 e. The summed E-state index contributed by atoms with van der Waals surface area (Å²) in [5.41, 5.74) is 0. The van der Waals surface area contributed by atoms with E-state index in [1.54, 1.807) is 17.8 Å². The molecule has 0 aromatic rings. The van der Waals surface area contributed by atoms with E-state index < -0.39 is 0 Å². The molecule has 1 amide bonds. The Kier molecular flexibility index (Phi) is 1.69. The summed E-state index contributed by atoms with van der Waals surface area (Å²) in [4.78, 5) is 14.9.